The van der Waals surface area contributed by atoms with Crippen molar-refractivity contribution in [2.45, 2.75) is 40.0 Å². The molecule has 0 aromatic carbocycles. The number of methoxy groups -OCH3 is 1. The summed E-state index contributed by atoms with van der Waals surface area (Å²) in [4.78, 5) is 22.0. The zero-order chi connectivity index (χ0) is 11.9. The van der Waals surface area contributed by atoms with Crippen LogP contribution >= 0.6 is 0 Å². The third-order valence-corrected chi connectivity index (χ3v) is 1.98. The molecule has 0 aliphatic carbocycles. The van der Waals surface area contributed by atoms with E-state index in [1.165, 1.54) is 7.11 Å². The fourth-order valence-corrected chi connectivity index (χ4v) is 0.983. The van der Waals surface area contributed by atoms with E-state index in [0.717, 1.165) is 6.42 Å². The Morgan fingerprint density at radius 3 is 2.27 bits per heavy atom. The molecule has 0 fully saturated rings. The maximum Gasteiger partial charge on any atom is 0.306 e. The van der Waals surface area contributed by atoms with Crippen LogP contribution in [0.3, 0.4) is 0 Å². The van der Waals surface area contributed by atoms with Gasteiger partial charge in [0.2, 0.25) is 5.91 Å². The van der Waals surface area contributed by atoms with Gasteiger partial charge in [0.25, 0.3) is 0 Å². The molecule has 0 aliphatic heterocycles. The molecule has 0 radical (unpaired) electrons. The summed E-state index contributed by atoms with van der Waals surface area (Å²) in [6, 6.07) is 0. The van der Waals surface area contributed by atoms with Crippen LogP contribution in [0.15, 0.2) is 0 Å². The third kappa shape index (κ3) is 9.25. The molecule has 0 atom stereocenters. The number of esters is 1. The maximum absolute atomic E-state index is 11.2. The van der Waals surface area contributed by atoms with Gasteiger partial charge in [0.15, 0.2) is 0 Å². The molecule has 0 aromatic heterocycles. The Bertz CT molecular complexity index is 218. The Labute approximate surface area is 91.4 Å². The summed E-state index contributed by atoms with van der Waals surface area (Å²) in [7, 11) is 1.32. The molecule has 0 bridgehead atoms. The van der Waals surface area contributed by atoms with Crippen molar-refractivity contribution in [2.75, 3.05) is 13.7 Å². The van der Waals surface area contributed by atoms with Gasteiger partial charge in [0, 0.05) is 13.0 Å². The molecule has 4 nitrogen and oxygen atoms in total. The summed E-state index contributed by atoms with van der Waals surface area (Å²) in [5.74, 6) is -0.439. The molecule has 15 heavy (non-hydrogen) atoms. The SMILES string of the molecule is COC(=O)CCC(=O)NCCC(C)(C)C. The minimum Gasteiger partial charge on any atom is -0.469 e. The largest absolute Gasteiger partial charge is 0.469 e. The highest BCUT2D eigenvalue weighted by molar-refractivity contribution is 5.81. The fourth-order valence-electron chi connectivity index (χ4n) is 0.983. The van der Waals surface area contributed by atoms with Gasteiger partial charge in [0.1, 0.15) is 0 Å². The molecule has 0 saturated heterocycles. The standard InChI is InChI=1S/C11H21NO3/c1-11(2,3)7-8-12-9(13)5-6-10(14)15-4/h5-8H2,1-4H3,(H,12,13). The molecule has 0 spiro atoms. The second kappa shape index (κ2) is 6.43. The first kappa shape index (κ1) is 13.9. The summed E-state index contributed by atoms with van der Waals surface area (Å²) in [6.07, 6.45) is 1.28. The van der Waals surface area contributed by atoms with Crippen molar-refractivity contribution in [3.63, 3.8) is 0 Å². The van der Waals surface area contributed by atoms with E-state index in [1.54, 1.807) is 0 Å². The zero-order valence-electron chi connectivity index (χ0n) is 10.1. The van der Waals surface area contributed by atoms with Crippen LogP contribution in [0, 0.1) is 5.41 Å². The van der Waals surface area contributed by atoms with Crippen molar-refractivity contribution < 1.29 is 14.3 Å². The normalized spacial score (nSPS) is 10.9. The van der Waals surface area contributed by atoms with Gasteiger partial charge in [-0.15, -0.1) is 0 Å². The first-order valence-electron chi connectivity index (χ1n) is 5.18. The molecule has 1 amide bonds. The first-order chi connectivity index (χ1) is 6.85. The van der Waals surface area contributed by atoms with Crippen LogP contribution in [0.25, 0.3) is 0 Å². The van der Waals surface area contributed by atoms with Gasteiger partial charge < -0.3 is 10.1 Å². The number of nitrogens with one attached hydrogen (secondary N) is 1. The second-order valence-electron chi connectivity index (χ2n) is 4.74. The quantitative estimate of drug-likeness (QED) is 0.707. The van der Waals surface area contributed by atoms with Crippen LogP contribution in [-0.4, -0.2) is 25.5 Å². The molecule has 0 rings (SSSR count). The lowest BCUT2D eigenvalue weighted by Gasteiger charge is -2.17. The van der Waals surface area contributed by atoms with E-state index >= 15 is 0 Å². The Kier molecular flexibility index (Phi) is 5.97. The summed E-state index contributed by atoms with van der Waals surface area (Å²) < 4.78 is 4.44. The Morgan fingerprint density at radius 2 is 1.80 bits per heavy atom. The smallest absolute Gasteiger partial charge is 0.306 e. The van der Waals surface area contributed by atoms with Crippen LogP contribution in [0.4, 0.5) is 0 Å². The lowest BCUT2D eigenvalue weighted by Crippen LogP contribution is -2.27. The topological polar surface area (TPSA) is 55.4 Å². The number of hydrogen-bond acceptors (Lipinski definition) is 3. The maximum atomic E-state index is 11.2. The summed E-state index contributed by atoms with van der Waals surface area (Å²) >= 11 is 0. The van der Waals surface area contributed by atoms with Crippen LogP contribution in [-0.2, 0) is 14.3 Å². The van der Waals surface area contributed by atoms with Gasteiger partial charge in [-0.2, -0.15) is 0 Å². The van der Waals surface area contributed by atoms with E-state index in [2.05, 4.69) is 30.8 Å². The Hall–Kier alpha value is -1.06. The average Bonchev–Trinajstić information content (AvgIpc) is 2.12. The molecule has 1 N–H and O–H groups in total. The van der Waals surface area contributed by atoms with E-state index in [4.69, 9.17) is 0 Å². The fraction of sp³-hybridized carbons (Fsp3) is 0.818. The Balaban J connectivity index is 3.54. The predicted octanol–water partition coefficient (Wildman–Crippen LogP) is 1.49. The molecule has 4 heteroatoms. The number of amides is 1. The summed E-state index contributed by atoms with van der Waals surface area (Å²) in [6.45, 7) is 7.01. The number of hydrogen-bond donors (Lipinski definition) is 1. The van der Waals surface area contributed by atoms with E-state index in [9.17, 15) is 9.59 Å². The van der Waals surface area contributed by atoms with Crippen LogP contribution in [0.2, 0.25) is 0 Å². The first-order valence-corrected chi connectivity index (χ1v) is 5.18. The molecule has 0 aromatic rings. The molecule has 88 valence electrons. The van der Waals surface area contributed by atoms with Crippen molar-refractivity contribution in [3.05, 3.63) is 0 Å². The summed E-state index contributed by atoms with van der Waals surface area (Å²) in [5.41, 5.74) is 0.218. The van der Waals surface area contributed by atoms with Gasteiger partial charge in [-0.3, -0.25) is 9.59 Å². The van der Waals surface area contributed by atoms with Crippen molar-refractivity contribution in [3.8, 4) is 0 Å². The van der Waals surface area contributed by atoms with E-state index in [-0.39, 0.29) is 30.1 Å². The van der Waals surface area contributed by atoms with Crippen molar-refractivity contribution in [1.82, 2.24) is 5.32 Å². The predicted molar refractivity (Wildman–Crippen MR) is 58.3 cm³/mol. The van der Waals surface area contributed by atoms with Gasteiger partial charge in [-0.05, 0) is 11.8 Å². The molecular weight excluding hydrogens is 194 g/mol. The highest BCUT2D eigenvalue weighted by Gasteiger charge is 2.11. The molecule has 0 saturated carbocycles. The molecule has 0 heterocycles. The number of carbonyl (C=O) groups is 2. The zero-order valence-corrected chi connectivity index (χ0v) is 10.1. The number of ether oxygens (including phenoxy) is 1. The van der Waals surface area contributed by atoms with Crippen LogP contribution < -0.4 is 5.32 Å². The van der Waals surface area contributed by atoms with E-state index in [1.807, 2.05) is 0 Å². The van der Waals surface area contributed by atoms with Gasteiger partial charge in [-0.25, -0.2) is 0 Å². The lowest BCUT2D eigenvalue weighted by molar-refractivity contribution is -0.142. The lowest BCUT2D eigenvalue weighted by atomic mass is 9.92. The minimum absolute atomic E-state index is 0.0929. The van der Waals surface area contributed by atoms with Gasteiger partial charge in [-0.1, -0.05) is 20.8 Å². The third-order valence-electron chi connectivity index (χ3n) is 1.98. The molecular formula is C11H21NO3. The van der Waals surface area contributed by atoms with E-state index < -0.39 is 0 Å². The highest BCUT2D eigenvalue weighted by Crippen LogP contribution is 2.16. The van der Waals surface area contributed by atoms with Gasteiger partial charge >= 0.3 is 5.97 Å². The van der Waals surface area contributed by atoms with Gasteiger partial charge in [0.05, 0.1) is 13.5 Å². The second-order valence-corrected chi connectivity index (χ2v) is 4.74. The number of rotatable bonds is 5. The molecule has 0 unspecified atom stereocenters. The highest BCUT2D eigenvalue weighted by atomic mass is 16.5. The average molecular weight is 215 g/mol. The monoisotopic (exact) mass is 215 g/mol. The summed E-state index contributed by atoms with van der Waals surface area (Å²) in [5, 5.41) is 2.77. The Morgan fingerprint density at radius 1 is 1.20 bits per heavy atom. The molecule has 0 aliphatic rings. The van der Waals surface area contributed by atoms with Crippen molar-refractivity contribution in [2.24, 2.45) is 5.41 Å². The van der Waals surface area contributed by atoms with Crippen LogP contribution in [0.5, 0.6) is 0 Å². The van der Waals surface area contributed by atoms with E-state index in [0.29, 0.717) is 6.54 Å². The van der Waals surface area contributed by atoms with Crippen LogP contribution in [0.1, 0.15) is 40.0 Å². The van der Waals surface area contributed by atoms with Crippen molar-refractivity contribution >= 4 is 11.9 Å². The van der Waals surface area contributed by atoms with Crippen molar-refractivity contribution in [1.29, 1.82) is 0 Å². The number of carbonyl (C=O) groups excluding carboxylic acids is 2. The minimum atomic E-state index is -0.346.